The fraction of sp³-hybridized carbons (Fsp3) is 0.800. The first-order valence-corrected chi connectivity index (χ1v) is 8.38. The molecule has 0 amide bonds. The van der Waals surface area contributed by atoms with Gasteiger partial charge >= 0.3 is 0 Å². The molecule has 1 heterocycles. The fourth-order valence-electron chi connectivity index (χ4n) is 3.53. The summed E-state index contributed by atoms with van der Waals surface area (Å²) < 4.78 is 5.89. The standard InChI is InChI=1S/C15H24N2OS/c1-3-11-9-17-14(19-11)10-16-12-8-13(18-4-2)15(12)6-5-7-15/h9,12-13,16H,3-8,10H2,1-2H3. The Morgan fingerprint density at radius 3 is 2.89 bits per heavy atom. The van der Waals surface area contributed by atoms with Gasteiger partial charge in [-0.2, -0.15) is 0 Å². The molecule has 19 heavy (non-hydrogen) atoms. The number of nitrogens with zero attached hydrogens (tertiary/aromatic N) is 1. The molecular formula is C15H24N2OS. The third-order valence-electron chi connectivity index (χ3n) is 4.89. The van der Waals surface area contributed by atoms with E-state index in [-0.39, 0.29) is 0 Å². The van der Waals surface area contributed by atoms with Gasteiger partial charge in [0.15, 0.2) is 0 Å². The van der Waals surface area contributed by atoms with Gasteiger partial charge in [-0.3, -0.25) is 0 Å². The first kappa shape index (κ1) is 13.5. The second-order valence-electron chi connectivity index (χ2n) is 5.77. The Bertz CT molecular complexity index is 428. The molecule has 0 saturated heterocycles. The van der Waals surface area contributed by atoms with Gasteiger partial charge in [-0.25, -0.2) is 4.98 Å². The van der Waals surface area contributed by atoms with Gasteiger partial charge in [0, 0.05) is 35.7 Å². The normalized spacial score (nSPS) is 28.1. The minimum Gasteiger partial charge on any atom is -0.378 e. The van der Waals surface area contributed by atoms with E-state index in [1.807, 2.05) is 17.5 Å². The monoisotopic (exact) mass is 280 g/mol. The summed E-state index contributed by atoms with van der Waals surface area (Å²) in [6.07, 6.45) is 8.85. The third kappa shape index (κ3) is 2.34. The van der Waals surface area contributed by atoms with E-state index in [1.165, 1.54) is 35.6 Å². The van der Waals surface area contributed by atoms with Crippen LogP contribution in [-0.4, -0.2) is 23.7 Å². The first-order chi connectivity index (χ1) is 9.28. The molecule has 1 aromatic rings. The van der Waals surface area contributed by atoms with Gasteiger partial charge in [0.2, 0.25) is 0 Å². The molecule has 0 bridgehead atoms. The zero-order valence-corrected chi connectivity index (χ0v) is 12.8. The van der Waals surface area contributed by atoms with Crippen LogP contribution in [0.15, 0.2) is 6.20 Å². The van der Waals surface area contributed by atoms with E-state index in [2.05, 4.69) is 24.1 Å². The Balaban J connectivity index is 1.53. The van der Waals surface area contributed by atoms with Crippen molar-refractivity contribution in [2.45, 2.75) is 64.6 Å². The molecule has 3 rings (SSSR count). The van der Waals surface area contributed by atoms with Crippen LogP contribution in [0, 0.1) is 5.41 Å². The molecule has 2 atom stereocenters. The smallest absolute Gasteiger partial charge is 0.107 e. The van der Waals surface area contributed by atoms with Gasteiger partial charge in [-0.05, 0) is 32.6 Å². The predicted octanol–water partition coefficient (Wildman–Crippen LogP) is 3.14. The molecule has 2 fully saturated rings. The van der Waals surface area contributed by atoms with Crippen molar-refractivity contribution in [3.8, 4) is 0 Å². The second kappa shape index (κ2) is 5.51. The van der Waals surface area contributed by atoms with Gasteiger partial charge in [0.25, 0.3) is 0 Å². The minimum absolute atomic E-state index is 0.459. The second-order valence-corrected chi connectivity index (χ2v) is 6.97. The SMILES string of the molecule is CCOC1CC(NCc2ncc(CC)s2)C12CCC2. The van der Waals surface area contributed by atoms with E-state index < -0.39 is 0 Å². The van der Waals surface area contributed by atoms with Crippen molar-refractivity contribution < 1.29 is 4.74 Å². The van der Waals surface area contributed by atoms with Crippen LogP contribution in [0.2, 0.25) is 0 Å². The molecule has 106 valence electrons. The lowest BCUT2D eigenvalue weighted by molar-refractivity contribution is -0.173. The number of thiazole rings is 1. The Morgan fingerprint density at radius 1 is 1.47 bits per heavy atom. The highest BCUT2D eigenvalue weighted by Crippen LogP contribution is 2.57. The summed E-state index contributed by atoms with van der Waals surface area (Å²) in [6.45, 7) is 6.07. The number of hydrogen-bond donors (Lipinski definition) is 1. The molecule has 0 radical (unpaired) electrons. The lowest BCUT2D eigenvalue weighted by atomic mass is 9.51. The van der Waals surface area contributed by atoms with Crippen LogP contribution < -0.4 is 5.32 Å². The molecule has 1 N–H and O–H groups in total. The van der Waals surface area contributed by atoms with E-state index >= 15 is 0 Å². The molecule has 0 aromatic carbocycles. The van der Waals surface area contributed by atoms with Crippen LogP contribution >= 0.6 is 11.3 Å². The van der Waals surface area contributed by atoms with Crippen LogP contribution in [0.4, 0.5) is 0 Å². The number of hydrogen-bond acceptors (Lipinski definition) is 4. The number of nitrogens with one attached hydrogen (secondary N) is 1. The van der Waals surface area contributed by atoms with Crippen molar-refractivity contribution in [1.82, 2.24) is 10.3 Å². The van der Waals surface area contributed by atoms with Crippen molar-refractivity contribution in [2.75, 3.05) is 6.61 Å². The highest BCUT2D eigenvalue weighted by Gasteiger charge is 2.58. The zero-order chi connectivity index (χ0) is 13.3. The summed E-state index contributed by atoms with van der Waals surface area (Å²) in [5, 5.41) is 4.95. The molecule has 2 aliphatic carbocycles. The number of ether oxygens (including phenoxy) is 1. The zero-order valence-electron chi connectivity index (χ0n) is 11.9. The van der Waals surface area contributed by atoms with Crippen LogP contribution in [0.1, 0.15) is 49.4 Å². The minimum atomic E-state index is 0.459. The van der Waals surface area contributed by atoms with Crippen molar-refractivity contribution in [1.29, 1.82) is 0 Å². The third-order valence-corrected chi connectivity index (χ3v) is 6.03. The molecule has 3 nitrogen and oxygen atoms in total. The Kier molecular flexibility index (Phi) is 3.92. The van der Waals surface area contributed by atoms with E-state index in [1.54, 1.807) is 0 Å². The first-order valence-electron chi connectivity index (χ1n) is 7.57. The summed E-state index contributed by atoms with van der Waals surface area (Å²) in [5.41, 5.74) is 0.459. The average Bonchev–Trinajstić information content (AvgIpc) is 2.78. The number of rotatable bonds is 6. The van der Waals surface area contributed by atoms with Crippen LogP contribution in [0.25, 0.3) is 0 Å². The quantitative estimate of drug-likeness (QED) is 0.869. The summed E-state index contributed by atoms with van der Waals surface area (Å²) in [5.74, 6) is 0. The predicted molar refractivity (Wildman–Crippen MR) is 78.4 cm³/mol. The molecular weight excluding hydrogens is 256 g/mol. The van der Waals surface area contributed by atoms with Crippen LogP contribution in [0.5, 0.6) is 0 Å². The van der Waals surface area contributed by atoms with Crippen molar-refractivity contribution >= 4 is 11.3 Å². The lowest BCUT2D eigenvalue weighted by Gasteiger charge is -2.61. The van der Waals surface area contributed by atoms with E-state index in [0.717, 1.165) is 19.6 Å². The average molecular weight is 280 g/mol. The van der Waals surface area contributed by atoms with Crippen molar-refractivity contribution in [3.63, 3.8) is 0 Å². The molecule has 4 heteroatoms. The van der Waals surface area contributed by atoms with Gasteiger partial charge in [0.1, 0.15) is 5.01 Å². The maximum Gasteiger partial charge on any atom is 0.107 e. The van der Waals surface area contributed by atoms with Gasteiger partial charge < -0.3 is 10.1 Å². The van der Waals surface area contributed by atoms with Gasteiger partial charge in [0.05, 0.1) is 6.10 Å². The molecule has 2 unspecified atom stereocenters. The summed E-state index contributed by atoms with van der Waals surface area (Å²) >= 11 is 1.84. The Morgan fingerprint density at radius 2 is 2.32 bits per heavy atom. The van der Waals surface area contributed by atoms with Crippen molar-refractivity contribution in [3.05, 3.63) is 16.1 Å². The topological polar surface area (TPSA) is 34.1 Å². The highest BCUT2D eigenvalue weighted by atomic mass is 32.1. The van der Waals surface area contributed by atoms with E-state index in [4.69, 9.17) is 4.74 Å². The Hall–Kier alpha value is -0.450. The van der Waals surface area contributed by atoms with Gasteiger partial charge in [-0.1, -0.05) is 13.3 Å². The Labute approximate surface area is 119 Å². The highest BCUT2D eigenvalue weighted by molar-refractivity contribution is 7.11. The molecule has 2 aliphatic rings. The maximum absolute atomic E-state index is 5.89. The van der Waals surface area contributed by atoms with Crippen LogP contribution in [0.3, 0.4) is 0 Å². The van der Waals surface area contributed by atoms with Crippen molar-refractivity contribution in [2.24, 2.45) is 5.41 Å². The molecule has 1 spiro atoms. The molecule has 2 saturated carbocycles. The fourth-order valence-corrected chi connectivity index (χ4v) is 4.34. The summed E-state index contributed by atoms with van der Waals surface area (Å²) in [7, 11) is 0. The number of aromatic nitrogens is 1. The maximum atomic E-state index is 5.89. The lowest BCUT2D eigenvalue weighted by Crippen LogP contribution is -2.66. The van der Waals surface area contributed by atoms with E-state index in [9.17, 15) is 0 Å². The molecule has 1 aromatic heterocycles. The van der Waals surface area contributed by atoms with Crippen LogP contribution in [-0.2, 0) is 17.7 Å². The summed E-state index contributed by atoms with van der Waals surface area (Å²) in [6, 6.07) is 0.645. The number of aryl methyl sites for hydroxylation is 1. The van der Waals surface area contributed by atoms with E-state index in [0.29, 0.717) is 17.6 Å². The molecule has 0 aliphatic heterocycles. The van der Waals surface area contributed by atoms with Gasteiger partial charge in [-0.15, -0.1) is 11.3 Å². The largest absolute Gasteiger partial charge is 0.378 e. The summed E-state index contributed by atoms with van der Waals surface area (Å²) in [4.78, 5) is 5.87.